The normalized spacial score (nSPS) is 25.6. The lowest BCUT2D eigenvalue weighted by Gasteiger charge is -2.42. The van der Waals surface area contributed by atoms with E-state index in [1.54, 1.807) is 55.6 Å². The van der Waals surface area contributed by atoms with Crippen LogP contribution in [0.25, 0.3) is 0 Å². The van der Waals surface area contributed by atoms with Gasteiger partial charge in [-0.15, -0.1) is 0 Å². The largest absolute Gasteiger partial charge is 0.497 e. The maximum Gasteiger partial charge on any atom is 0.317 e. The number of benzene rings is 4. The van der Waals surface area contributed by atoms with E-state index in [0.717, 1.165) is 0 Å². The molecule has 6 atom stereocenters. The summed E-state index contributed by atoms with van der Waals surface area (Å²) < 4.78 is 59.8. The summed E-state index contributed by atoms with van der Waals surface area (Å²) in [6.45, 7) is -1.06. The molecule has 57 heavy (non-hydrogen) atoms. The minimum Gasteiger partial charge on any atom is -0.497 e. The lowest BCUT2D eigenvalue weighted by atomic mass is 9.73. The number of esters is 1. The Balaban J connectivity index is 0.000000160. The summed E-state index contributed by atoms with van der Waals surface area (Å²) in [5.41, 5.74) is 2.33. The molecule has 0 radical (unpaired) electrons. The van der Waals surface area contributed by atoms with Crippen molar-refractivity contribution >= 4 is 11.9 Å². The summed E-state index contributed by atoms with van der Waals surface area (Å²) in [5.74, 6) is -5.45. The van der Waals surface area contributed by atoms with Gasteiger partial charge in [-0.25, -0.2) is 0 Å². The van der Waals surface area contributed by atoms with Crippen LogP contribution < -0.4 is 47.4 Å². The van der Waals surface area contributed by atoms with Crippen LogP contribution in [0.1, 0.15) is 34.1 Å². The number of hydrogen-bond donors (Lipinski definition) is 4. The molecule has 4 N–H and O–H groups in total. The number of rotatable bonds is 8. The van der Waals surface area contributed by atoms with Crippen LogP contribution in [0.4, 0.5) is 0 Å². The summed E-state index contributed by atoms with van der Waals surface area (Å²) in [6.07, 6.45) is 0. The number of carboxylic acid groups (broad SMARTS) is 1. The second-order valence-electron chi connectivity index (χ2n) is 13.6. The third-order valence-electron chi connectivity index (χ3n) is 10.6. The van der Waals surface area contributed by atoms with Crippen LogP contribution in [0, 0.1) is 11.8 Å². The number of aliphatic hydroxyl groups excluding tert-OH is 1. The zero-order valence-electron chi connectivity index (χ0n) is 31.0. The van der Waals surface area contributed by atoms with E-state index in [-0.39, 0.29) is 25.9 Å². The maximum absolute atomic E-state index is 12.6. The van der Waals surface area contributed by atoms with Crippen LogP contribution in [-0.2, 0) is 14.3 Å². The highest BCUT2D eigenvalue weighted by Crippen LogP contribution is 2.56. The first-order chi connectivity index (χ1) is 27.4. The summed E-state index contributed by atoms with van der Waals surface area (Å²) in [4.78, 5) is 24.8. The van der Waals surface area contributed by atoms with Crippen LogP contribution in [0.2, 0.25) is 0 Å². The fourth-order valence-electron chi connectivity index (χ4n) is 7.94. The van der Waals surface area contributed by atoms with Crippen molar-refractivity contribution in [3.63, 3.8) is 0 Å². The van der Waals surface area contributed by atoms with Crippen molar-refractivity contribution in [3.05, 3.63) is 82.9 Å². The fourth-order valence-corrected chi connectivity index (χ4v) is 7.94. The number of hydrogen-bond acceptors (Lipinski definition) is 16. The Kier molecular flexibility index (Phi) is 9.46. The SMILES string of the molecule is COc1ccc(C2c3cc4c(cc3OC(O)(CO)C2C(=O)O)OCO4)c(OC)c1.COc1ccc(C2c3cc4c(cc3OC3(O)COC(=O)C23)OCO4)c(OC)c1. The summed E-state index contributed by atoms with van der Waals surface area (Å²) in [6, 6.07) is 16.8. The molecule has 0 spiro atoms. The van der Waals surface area contributed by atoms with Crippen LogP contribution in [-0.4, -0.2) is 99.2 Å². The zero-order valence-corrected chi connectivity index (χ0v) is 31.0. The lowest BCUT2D eigenvalue weighted by molar-refractivity contribution is -0.220. The number of carboxylic acids is 1. The average molecular weight is 791 g/mol. The molecule has 0 aliphatic carbocycles. The molecule has 9 rings (SSSR count). The number of cyclic esters (lactones) is 1. The van der Waals surface area contributed by atoms with Crippen LogP contribution in [0.5, 0.6) is 57.5 Å². The summed E-state index contributed by atoms with van der Waals surface area (Å²) in [7, 11) is 6.05. The van der Waals surface area contributed by atoms with Gasteiger partial charge in [-0.3, -0.25) is 9.59 Å². The summed E-state index contributed by atoms with van der Waals surface area (Å²) >= 11 is 0. The molecule has 5 aliphatic rings. The van der Waals surface area contributed by atoms with Crippen molar-refractivity contribution in [2.75, 3.05) is 55.2 Å². The van der Waals surface area contributed by atoms with Crippen molar-refractivity contribution in [3.8, 4) is 57.5 Å². The molecule has 0 bridgehead atoms. The molecular formula is C40H38O17. The third kappa shape index (κ3) is 6.23. The van der Waals surface area contributed by atoms with E-state index in [9.17, 15) is 30.0 Å². The number of aliphatic hydroxyl groups is 3. The van der Waals surface area contributed by atoms with Crippen LogP contribution in [0.15, 0.2) is 60.7 Å². The molecule has 300 valence electrons. The molecule has 6 unspecified atom stereocenters. The predicted octanol–water partition coefficient (Wildman–Crippen LogP) is 3.16. The number of carbonyl (C=O) groups excluding carboxylic acids is 1. The Morgan fingerprint density at radius 1 is 0.649 bits per heavy atom. The van der Waals surface area contributed by atoms with Crippen molar-refractivity contribution in [1.29, 1.82) is 0 Å². The second kappa shape index (κ2) is 14.3. The van der Waals surface area contributed by atoms with Gasteiger partial charge in [-0.2, -0.15) is 0 Å². The Labute approximate surface area is 324 Å². The minimum atomic E-state index is -2.36. The van der Waals surface area contributed by atoms with E-state index in [0.29, 0.717) is 74.0 Å². The Morgan fingerprint density at radius 3 is 1.63 bits per heavy atom. The fraction of sp³-hybridized carbons (Fsp3) is 0.350. The van der Waals surface area contributed by atoms with Gasteiger partial charge in [-0.05, 0) is 24.3 Å². The van der Waals surface area contributed by atoms with Gasteiger partial charge in [0.1, 0.15) is 52.9 Å². The number of methoxy groups -OCH3 is 4. The van der Waals surface area contributed by atoms with Gasteiger partial charge in [0, 0.05) is 58.4 Å². The van der Waals surface area contributed by atoms with Crippen LogP contribution >= 0.6 is 0 Å². The van der Waals surface area contributed by atoms with Crippen LogP contribution in [0.3, 0.4) is 0 Å². The van der Waals surface area contributed by atoms with E-state index < -0.39 is 53.8 Å². The van der Waals surface area contributed by atoms with Gasteiger partial charge in [-0.1, -0.05) is 12.1 Å². The predicted molar refractivity (Wildman–Crippen MR) is 192 cm³/mol. The third-order valence-corrected chi connectivity index (χ3v) is 10.6. The molecule has 4 aromatic rings. The molecule has 17 heteroatoms. The Bertz CT molecular complexity index is 2240. The molecule has 1 fully saturated rings. The maximum atomic E-state index is 12.6. The average Bonchev–Trinajstić information content (AvgIpc) is 3.95. The number of fused-ring (bicyclic) bond motifs is 5. The first-order valence-electron chi connectivity index (χ1n) is 17.6. The monoisotopic (exact) mass is 790 g/mol. The van der Waals surface area contributed by atoms with Gasteiger partial charge < -0.3 is 72.5 Å². The molecule has 1 saturated heterocycles. The van der Waals surface area contributed by atoms with Gasteiger partial charge >= 0.3 is 11.9 Å². The number of ether oxygens (including phenoxy) is 11. The molecule has 17 nitrogen and oxygen atoms in total. The molecule has 0 amide bonds. The van der Waals surface area contributed by atoms with Crippen molar-refractivity contribution < 1.29 is 82.1 Å². The van der Waals surface area contributed by atoms with E-state index >= 15 is 0 Å². The summed E-state index contributed by atoms with van der Waals surface area (Å²) in [5, 5.41) is 41.7. The highest BCUT2D eigenvalue weighted by molar-refractivity contribution is 5.80. The van der Waals surface area contributed by atoms with E-state index in [2.05, 4.69) is 0 Å². The molecule has 0 saturated carbocycles. The first-order valence-corrected chi connectivity index (χ1v) is 17.6. The molecule has 5 aliphatic heterocycles. The number of carbonyl (C=O) groups is 2. The lowest BCUT2D eigenvalue weighted by Crippen LogP contribution is -2.55. The quantitative estimate of drug-likeness (QED) is 0.189. The Morgan fingerprint density at radius 2 is 1.14 bits per heavy atom. The van der Waals surface area contributed by atoms with E-state index in [1.165, 1.54) is 27.4 Å². The van der Waals surface area contributed by atoms with E-state index in [1.807, 2.05) is 6.07 Å². The van der Waals surface area contributed by atoms with Crippen molar-refractivity contribution in [2.45, 2.75) is 23.4 Å². The van der Waals surface area contributed by atoms with Gasteiger partial charge in [0.05, 0.1) is 28.4 Å². The highest BCUT2D eigenvalue weighted by Gasteiger charge is 2.60. The highest BCUT2D eigenvalue weighted by atomic mass is 16.7. The van der Waals surface area contributed by atoms with Crippen molar-refractivity contribution in [2.24, 2.45) is 11.8 Å². The topological polar surface area (TPSA) is 217 Å². The molecule has 0 aromatic heterocycles. The molecular weight excluding hydrogens is 752 g/mol. The van der Waals surface area contributed by atoms with Gasteiger partial charge in [0.15, 0.2) is 29.6 Å². The molecule has 4 aromatic carbocycles. The minimum absolute atomic E-state index is 0.0153. The Hall–Kier alpha value is -6.30. The first kappa shape index (κ1) is 37.6. The van der Waals surface area contributed by atoms with E-state index in [4.69, 9.17) is 52.1 Å². The number of aliphatic carboxylic acids is 1. The zero-order chi connectivity index (χ0) is 40.2. The second-order valence-corrected chi connectivity index (χ2v) is 13.6. The van der Waals surface area contributed by atoms with Gasteiger partial charge in [0.2, 0.25) is 19.4 Å². The smallest absolute Gasteiger partial charge is 0.317 e. The van der Waals surface area contributed by atoms with Crippen molar-refractivity contribution in [1.82, 2.24) is 0 Å². The standard InChI is InChI=1S/C20H20O9.C20H18O8/c1-25-10-3-4-11(13(5-10)26-2)17-12-6-15-16(28-9-27-15)7-14(12)29-20(24,8-21)18(17)19(22)23;1-23-10-3-4-11(13(5-10)24-2)17-12-6-15-16(27-9-26-15)7-14(12)28-20(22)8-25-19(21)18(17)20/h3-7,17-18,21,24H,8-9H2,1-2H3,(H,22,23);3-7,17-18,22H,8-9H2,1-2H3. The molecule has 5 heterocycles. The van der Waals surface area contributed by atoms with Gasteiger partial charge in [0.25, 0.3) is 5.79 Å².